The van der Waals surface area contributed by atoms with E-state index in [-0.39, 0.29) is 10.7 Å². The molecule has 1 aromatic heterocycles. The largest absolute Gasteiger partial charge is 0.478 e. The lowest BCUT2D eigenvalue weighted by molar-refractivity contribution is -0.0760. The van der Waals surface area contributed by atoms with Gasteiger partial charge in [-0.15, -0.1) is 0 Å². The van der Waals surface area contributed by atoms with Crippen molar-refractivity contribution in [3.05, 3.63) is 22.8 Å². The number of nitrogens with zero attached hydrogens (tertiary/aromatic N) is 2. The molecule has 1 amide bonds. The van der Waals surface area contributed by atoms with Crippen LogP contribution >= 0.6 is 11.6 Å². The molecule has 88 valence electrons. The zero-order valence-corrected chi connectivity index (χ0v) is 10.1. The van der Waals surface area contributed by atoms with Crippen molar-refractivity contribution in [1.29, 1.82) is 0 Å². The van der Waals surface area contributed by atoms with E-state index in [1.165, 1.54) is 14.2 Å². The summed E-state index contributed by atoms with van der Waals surface area (Å²) in [5.41, 5.74) is 0.108. The standard InChI is InChI=1S/C10H13ClN2O3/c1-4-16-8-6-5-7(11)9(12-8)10(14)13(2)15-3/h5-6H,4H2,1-3H3. The Morgan fingerprint density at radius 1 is 1.56 bits per heavy atom. The molecule has 0 unspecified atom stereocenters. The number of aromatic nitrogens is 1. The molecule has 0 saturated heterocycles. The minimum absolute atomic E-state index is 0.108. The van der Waals surface area contributed by atoms with Crippen LogP contribution in [0, 0.1) is 0 Å². The SMILES string of the molecule is CCOc1ccc(Cl)c(C(=O)N(C)OC)n1. The maximum Gasteiger partial charge on any atom is 0.297 e. The van der Waals surface area contributed by atoms with E-state index >= 15 is 0 Å². The van der Waals surface area contributed by atoms with E-state index in [4.69, 9.17) is 21.2 Å². The summed E-state index contributed by atoms with van der Waals surface area (Å²) in [5.74, 6) is -0.0613. The highest BCUT2D eigenvalue weighted by Gasteiger charge is 2.17. The fraction of sp³-hybridized carbons (Fsp3) is 0.400. The van der Waals surface area contributed by atoms with Gasteiger partial charge in [0.1, 0.15) is 0 Å². The first-order chi connectivity index (χ1) is 7.60. The minimum Gasteiger partial charge on any atom is -0.478 e. The number of carbonyl (C=O) groups is 1. The monoisotopic (exact) mass is 244 g/mol. The van der Waals surface area contributed by atoms with Gasteiger partial charge in [0, 0.05) is 13.1 Å². The maximum absolute atomic E-state index is 11.8. The third-order valence-corrected chi connectivity index (χ3v) is 2.18. The van der Waals surface area contributed by atoms with E-state index in [0.717, 1.165) is 5.06 Å². The van der Waals surface area contributed by atoms with Crippen molar-refractivity contribution in [3.63, 3.8) is 0 Å². The summed E-state index contributed by atoms with van der Waals surface area (Å²) in [7, 11) is 2.87. The molecule has 0 aliphatic carbocycles. The first-order valence-corrected chi connectivity index (χ1v) is 5.09. The van der Waals surface area contributed by atoms with Crippen molar-refractivity contribution in [1.82, 2.24) is 10.0 Å². The van der Waals surface area contributed by atoms with Crippen LogP contribution in [0.5, 0.6) is 5.88 Å². The molecule has 0 N–H and O–H groups in total. The Bertz CT molecular complexity index is 384. The second kappa shape index (κ2) is 5.67. The average Bonchev–Trinajstić information content (AvgIpc) is 2.30. The van der Waals surface area contributed by atoms with Crippen LogP contribution in [-0.4, -0.2) is 36.7 Å². The second-order valence-electron chi connectivity index (χ2n) is 2.90. The van der Waals surface area contributed by atoms with Crippen molar-refractivity contribution in [2.45, 2.75) is 6.92 Å². The van der Waals surface area contributed by atoms with Crippen molar-refractivity contribution in [2.24, 2.45) is 0 Å². The number of carbonyl (C=O) groups excluding carboxylic acids is 1. The van der Waals surface area contributed by atoms with E-state index in [1.54, 1.807) is 12.1 Å². The van der Waals surface area contributed by atoms with Crippen molar-refractivity contribution in [2.75, 3.05) is 20.8 Å². The fourth-order valence-corrected chi connectivity index (χ4v) is 1.22. The normalized spacial score (nSPS) is 10.0. The lowest BCUT2D eigenvalue weighted by Gasteiger charge is -2.14. The molecule has 1 heterocycles. The Morgan fingerprint density at radius 2 is 2.25 bits per heavy atom. The Balaban J connectivity index is 3.02. The van der Waals surface area contributed by atoms with Gasteiger partial charge in [-0.3, -0.25) is 9.63 Å². The van der Waals surface area contributed by atoms with Crippen LogP contribution in [0.3, 0.4) is 0 Å². The summed E-state index contributed by atoms with van der Waals surface area (Å²) in [4.78, 5) is 20.5. The minimum atomic E-state index is -0.422. The van der Waals surface area contributed by atoms with Crippen molar-refractivity contribution >= 4 is 17.5 Å². The summed E-state index contributed by atoms with van der Waals surface area (Å²) in [6.45, 7) is 2.31. The van der Waals surface area contributed by atoms with E-state index in [0.29, 0.717) is 12.5 Å². The Labute approximate surface area is 98.9 Å². The molecule has 0 bridgehead atoms. The quantitative estimate of drug-likeness (QED) is 0.758. The van der Waals surface area contributed by atoms with Gasteiger partial charge in [-0.1, -0.05) is 11.6 Å². The molecule has 16 heavy (non-hydrogen) atoms. The highest BCUT2D eigenvalue weighted by Crippen LogP contribution is 2.19. The number of ether oxygens (including phenoxy) is 1. The molecule has 0 saturated carbocycles. The summed E-state index contributed by atoms with van der Waals surface area (Å²) in [6.07, 6.45) is 0. The molecule has 0 fully saturated rings. The van der Waals surface area contributed by atoms with Crippen molar-refractivity contribution < 1.29 is 14.4 Å². The average molecular weight is 245 g/mol. The lowest BCUT2D eigenvalue weighted by Crippen LogP contribution is -2.26. The van der Waals surface area contributed by atoms with Gasteiger partial charge < -0.3 is 4.74 Å². The third kappa shape index (κ3) is 2.84. The molecule has 1 aromatic rings. The van der Waals surface area contributed by atoms with Gasteiger partial charge in [0.25, 0.3) is 5.91 Å². The molecule has 0 aromatic carbocycles. The van der Waals surface area contributed by atoms with E-state index in [2.05, 4.69) is 4.98 Å². The van der Waals surface area contributed by atoms with E-state index < -0.39 is 5.91 Å². The first-order valence-electron chi connectivity index (χ1n) is 4.71. The van der Waals surface area contributed by atoms with Gasteiger partial charge in [-0.25, -0.2) is 10.0 Å². The smallest absolute Gasteiger partial charge is 0.297 e. The van der Waals surface area contributed by atoms with Crippen LogP contribution in [0.25, 0.3) is 0 Å². The summed E-state index contributed by atoms with van der Waals surface area (Å²) in [6, 6.07) is 3.17. The number of hydrogen-bond donors (Lipinski definition) is 0. The number of hydroxylamine groups is 2. The molecule has 0 aliphatic rings. The summed E-state index contributed by atoms with van der Waals surface area (Å²) < 4.78 is 5.18. The molecule has 5 nitrogen and oxygen atoms in total. The predicted octanol–water partition coefficient (Wildman–Crippen LogP) is 1.77. The van der Waals surface area contributed by atoms with Gasteiger partial charge in [-0.05, 0) is 13.0 Å². The van der Waals surface area contributed by atoms with E-state index in [9.17, 15) is 4.79 Å². The molecule has 1 rings (SSSR count). The topological polar surface area (TPSA) is 51.7 Å². The van der Waals surface area contributed by atoms with Crippen LogP contribution in [0.2, 0.25) is 5.02 Å². The molecular weight excluding hydrogens is 232 g/mol. The highest BCUT2D eigenvalue weighted by atomic mass is 35.5. The van der Waals surface area contributed by atoms with Gasteiger partial charge in [0.15, 0.2) is 5.69 Å². The zero-order chi connectivity index (χ0) is 12.1. The third-order valence-electron chi connectivity index (χ3n) is 1.88. The van der Waals surface area contributed by atoms with Gasteiger partial charge in [0.05, 0.1) is 18.7 Å². The number of pyridine rings is 1. The number of rotatable bonds is 4. The van der Waals surface area contributed by atoms with Gasteiger partial charge in [0.2, 0.25) is 5.88 Å². The molecular formula is C10H13ClN2O3. The first kappa shape index (κ1) is 12.7. The number of hydrogen-bond acceptors (Lipinski definition) is 4. The van der Waals surface area contributed by atoms with Crippen LogP contribution in [0.1, 0.15) is 17.4 Å². The maximum atomic E-state index is 11.8. The number of halogens is 1. The van der Waals surface area contributed by atoms with Crippen LogP contribution in [-0.2, 0) is 4.84 Å². The second-order valence-corrected chi connectivity index (χ2v) is 3.31. The van der Waals surface area contributed by atoms with Crippen LogP contribution in [0.15, 0.2) is 12.1 Å². The Kier molecular flexibility index (Phi) is 4.52. The molecule has 0 spiro atoms. The van der Waals surface area contributed by atoms with Crippen LogP contribution in [0.4, 0.5) is 0 Å². The molecule has 0 aliphatic heterocycles. The Hall–Kier alpha value is -1.33. The van der Waals surface area contributed by atoms with Gasteiger partial charge in [-0.2, -0.15) is 0 Å². The highest BCUT2D eigenvalue weighted by molar-refractivity contribution is 6.33. The predicted molar refractivity (Wildman–Crippen MR) is 59.5 cm³/mol. The van der Waals surface area contributed by atoms with Crippen molar-refractivity contribution in [3.8, 4) is 5.88 Å². The van der Waals surface area contributed by atoms with Gasteiger partial charge >= 0.3 is 0 Å². The summed E-state index contributed by atoms with van der Waals surface area (Å²) >= 11 is 5.87. The fourth-order valence-electron chi connectivity index (χ4n) is 1.03. The summed E-state index contributed by atoms with van der Waals surface area (Å²) in [5, 5.41) is 1.31. The van der Waals surface area contributed by atoms with Crippen LogP contribution < -0.4 is 4.74 Å². The Morgan fingerprint density at radius 3 is 2.81 bits per heavy atom. The number of amides is 1. The lowest BCUT2D eigenvalue weighted by atomic mass is 10.3. The molecule has 6 heteroatoms. The van der Waals surface area contributed by atoms with E-state index in [1.807, 2.05) is 6.92 Å². The molecule has 0 radical (unpaired) electrons. The zero-order valence-electron chi connectivity index (χ0n) is 9.36. The molecule has 0 atom stereocenters.